The number of unbranched alkanes of at least 4 members (excludes halogenated alkanes) is 10. The summed E-state index contributed by atoms with van der Waals surface area (Å²) in [4.78, 5) is 28.4. The van der Waals surface area contributed by atoms with E-state index in [9.17, 15) is 9.59 Å². The van der Waals surface area contributed by atoms with Gasteiger partial charge in [0.2, 0.25) is 0 Å². The zero-order valence-electron chi connectivity index (χ0n) is 26.5. The number of ether oxygens (including phenoxy) is 1. The number of carbonyl (C=O) groups is 2. The highest BCUT2D eigenvalue weighted by molar-refractivity contribution is 6.34. The quantitative estimate of drug-likeness (QED) is 0.0738. The Labute approximate surface area is 265 Å². The van der Waals surface area contributed by atoms with Crippen molar-refractivity contribution in [2.75, 3.05) is 5.32 Å². The van der Waals surface area contributed by atoms with E-state index >= 15 is 0 Å². The molecule has 0 bridgehead atoms. The number of fused-ring (bicyclic) bond motifs is 1. The van der Waals surface area contributed by atoms with Crippen molar-refractivity contribution in [3.05, 3.63) is 64.8 Å². The minimum Gasteiger partial charge on any atom is -0.427 e. The van der Waals surface area contributed by atoms with Gasteiger partial charge in [-0.1, -0.05) is 116 Å². The average Bonchev–Trinajstić information content (AvgIpc) is 3.56. The summed E-state index contributed by atoms with van der Waals surface area (Å²) in [5.41, 5.74) is 3.05. The van der Waals surface area contributed by atoms with E-state index in [0.29, 0.717) is 39.9 Å². The highest BCUT2D eigenvalue weighted by atomic mass is 35.5. The molecule has 2 N–H and O–H groups in total. The van der Waals surface area contributed by atoms with Crippen molar-refractivity contribution in [3.63, 3.8) is 0 Å². The smallest absolute Gasteiger partial charge is 0.311 e. The van der Waals surface area contributed by atoms with Crippen LogP contribution in [0.3, 0.4) is 0 Å². The van der Waals surface area contributed by atoms with Crippen molar-refractivity contribution in [2.45, 2.75) is 110 Å². The Morgan fingerprint density at radius 3 is 2.14 bits per heavy atom. The third-order valence-electron chi connectivity index (χ3n) is 7.68. The number of hydrogen-bond acceptors (Lipinski definition) is 5. The first-order valence-electron chi connectivity index (χ1n) is 16.0. The van der Waals surface area contributed by atoms with Crippen LogP contribution < -0.4 is 10.1 Å². The number of nitrogens with one attached hydrogen (secondary N) is 2. The Kier molecular flexibility index (Phi) is 12.0. The van der Waals surface area contributed by atoms with Gasteiger partial charge < -0.3 is 15.0 Å². The van der Waals surface area contributed by atoms with Crippen LogP contribution in [0.4, 0.5) is 5.69 Å². The van der Waals surface area contributed by atoms with Gasteiger partial charge in [0.1, 0.15) is 10.8 Å². The van der Waals surface area contributed by atoms with Crippen molar-refractivity contribution in [1.82, 2.24) is 19.8 Å². The normalized spacial score (nSPS) is 11.7. The van der Waals surface area contributed by atoms with Crippen molar-refractivity contribution >= 4 is 34.8 Å². The third kappa shape index (κ3) is 9.42. The Hall–Kier alpha value is -3.65. The maximum Gasteiger partial charge on any atom is 0.311 e. The van der Waals surface area contributed by atoms with Gasteiger partial charge in [0, 0.05) is 28.7 Å². The third-order valence-corrected chi connectivity index (χ3v) is 8.04. The van der Waals surface area contributed by atoms with Gasteiger partial charge in [-0.05, 0) is 42.8 Å². The molecule has 2 aromatic heterocycles. The topological polar surface area (TPSA) is 101 Å². The summed E-state index contributed by atoms with van der Waals surface area (Å²) in [6.45, 7) is 8.40. The number of anilines is 1. The lowest BCUT2D eigenvalue weighted by Crippen LogP contribution is -2.13. The lowest BCUT2D eigenvalue weighted by molar-refractivity contribution is -0.134. The summed E-state index contributed by atoms with van der Waals surface area (Å²) in [5.74, 6) is 0.516. The van der Waals surface area contributed by atoms with E-state index in [1.165, 1.54) is 56.0 Å². The molecule has 0 fully saturated rings. The Morgan fingerprint density at radius 1 is 0.886 bits per heavy atom. The molecule has 44 heavy (non-hydrogen) atoms. The molecular weight excluding hydrogens is 574 g/mol. The first-order chi connectivity index (χ1) is 21.2. The van der Waals surface area contributed by atoms with E-state index in [4.69, 9.17) is 16.3 Å². The maximum absolute atomic E-state index is 12.9. The van der Waals surface area contributed by atoms with Gasteiger partial charge in [-0.3, -0.25) is 9.59 Å². The highest BCUT2D eigenvalue weighted by Gasteiger charge is 2.25. The van der Waals surface area contributed by atoms with Gasteiger partial charge in [0.25, 0.3) is 5.91 Å². The minimum atomic E-state index is -0.270. The van der Waals surface area contributed by atoms with Gasteiger partial charge >= 0.3 is 5.97 Å². The highest BCUT2D eigenvalue weighted by Crippen LogP contribution is 2.32. The Bertz CT molecular complexity index is 1520. The van der Waals surface area contributed by atoms with Crippen LogP contribution in [0.25, 0.3) is 17.0 Å². The molecule has 1 amide bonds. The van der Waals surface area contributed by atoms with Gasteiger partial charge in [-0.2, -0.15) is 5.10 Å². The Balaban J connectivity index is 1.21. The first-order valence-corrected chi connectivity index (χ1v) is 16.4. The first kappa shape index (κ1) is 33.2. The molecule has 8 nitrogen and oxygen atoms in total. The number of esters is 1. The zero-order valence-corrected chi connectivity index (χ0v) is 27.3. The molecule has 0 spiro atoms. The maximum atomic E-state index is 12.9. The molecule has 4 aromatic rings. The van der Waals surface area contributed by atoms with Crippen molar-refractivity contribution in [2.24, 2.45) is 0 Å². The number of hydrogen-bond donors (Lipinski definition) is 2. The molecular formula is C35H46ClN5O3. The van der Waals surface area contributed by atoms with Crippen LogP contribution in [0.5, 0.6) is 5.75 Å². The fourth-order valence-corrected chi connectivity index (χ4v) is 5.59. The second kappa shape index (κ2) is 15.9. The summed E-state index contributed by atoms with van der Waals surface area (Å²) in [6, 6.07) is 14.0. The number of aromatic nitrogens is 4. The van der Waals surface area contributed by atoms with Crippen LogP contribution in [-0.4, -0.2) is 31.7 Å². The number of aromatic amines is 1. The van der Waals surface area contributed by atoms with Gasteiger partial charge in [0.15, 0.2) is 11.5 Å². The molecule has 0 radical (unpaired) electrons. The molecule has 236 valence electrons. The monoisotopic (exact) mass is 619 g/mol. The predicted octanol–water partition coefficient (Wildman–Crippen LogP) is 9.53. The van der Waals surface area contributed by atoms with Gasteiger partial charge in [0.05, 0.1) is 5.69 Å². The fraction of sp³-hybridized carbons (Fsp3) is 0.486. The summed E-state index contributed by atoms with van der Waals surface area (Å²) in [5, 5.41) is 12.6. The summed E-state index contributed by atoms with van der Waals surface area (Å²) >= 11 is 6.57. The van der Waals surface area contributed by atoms with E-state index < -0.39 is 0 Å². The number of amides is 1. The van der Waals surface area contributed by atoms with E-state index in [1.54, 1.807) is 24.3 Å². The summed E-state index contributed by atoms with van der Waals surface area (Å²) in [7, 11) is 0. The second-order valence-corrected chi connectivity index (χ2v) is 12.9. The second-order valence-electron chi connectivity index (χ2n) is 12.5. The lowest BCUT2D eigenvalue weighted by Gasteiger charge is -2.14. The molecule has 0 aliphatic carbocycles. The molecule has 2 heterocycles. The minimum absolute atomic E-state index is 0.206. The predicted molar refractivity (Wildman–Crippen MR) is 178 cm³/mol. The number of H-pyrrole nitrogens is 1. The van der Waals surface area contributed by atoms with Crippen LogP contribution in [0.15, 0.2) is 48.5 Å². The standard InChI is InChI=1S/C35H46ClN5O3/c1-5-6-7-8-9-10-11-12-13-14-15-19-29(42)44-28-22-20-25(21-23-28)34(43)37-27-18-16-17-26(24-27)32-38-33-30(36)31(35(2,3)4)39-41(33)40-32/h16-18,20-24H,5-15,19H2,1-4H3,(H,37,43)(H,38,40). The average molecular weight is 620 g/mol. The molecule has 0 saturated heterocycles. The molecule has 4 rings (SSSR count). The van der Waals surface area contributed by atoms with Crippen LogP contribution in [0.1, 0.15) is 121 Å². The fourth-order valence-electron chi connectivity index (χ4n) is 5.14. The lowest BCUT2D eigenvalue weighted by atomic mass is 9.92. The molecule has 0 unspecified atom stereocenters. The van der Waals surface area contributed by atoms with Crippen LogP contribution >= 0.6 is 11.6 Å². The number of carbonyl (C=O) groups excluding carboxylic acids is 2. The Morgan fingerprint density at radius 2 is 1.52 bits per heavy atom. The van der Waals surface area contributed by atoms with E-state index in [-0.39, 0.29) is 17.3 Å². The summed E-state index contributed by atoms with van der Waals surface area (Å²) in [6.07, 6.45) is 14.0. The molecule has 0 aliphatic heterocycles. The summed E-state index contributed by atoms with van der Waals surface area (Å²) < 4.78 is 6.99. The van der Waals surface area contributed by atoms with Gasteiger partial charge in [-0.15, -0.1) is 9.73 Å². The molecule has 2 aromatic carbocycles. The van der Waals surface area contributed by atoms with Crippen LogP contribution in [0.2, 0.25) is 5.02 Å². The SMILES string of the molecule is CCCCCCCCCCCCCC(=O)Oc1ccc(C(=O)Nc2cccc(-c3nn4nc(C(C)(C)C)c(Cl)c4[nH]3)c2)cc1. The van der Waals surface area contributed by atoms with Crippen molar-refractivity contribution < 1.29 is 14.3 Å². The molecule has 0 saturated carbocycles. The number of benzene rings is 2. The van der Waals surface area contributed by atoms with Gasteiger partial charge in [-0.25, -0.2) is 0 Å². The molecule has 0 atom stereocenters. The number of rotatable bonds is 16. The van der Waals surface area contributed by atoms with Crippen molar-refractivity contribution in [1.29, 1.82) is 0 Å². The zero-order chi connectivity index (χ0) is 31.5. The van der Waals surface area contributed by atoms with E-state index in [2.05, 4.69) is 27.4 Å². The number of nitrogens with zero attached hydrogens (tertiary/aromatic N) is 3. The molecule has 9 heteroatoms. The van der Waals surface area contributed by atoms with E-state index in [1.807, 2.05) is 45.0 Å². The number of halogens is 1. The largest absolute Gasteiger partial charge is 0.427 e. The molecule has 0 aliphatic rings. The van der Waals surface area contributed by atoms with Crippen molar-refractivity contribution in [3.8, 4) is 17.1 Å². The van der Waals surface area contributed by atoms with Crippen LogP contribution in [0, 0.1) is 0 Å². The van der Waals surface area contributed by atoms with Crippen LogP contribution in [-0.2, 0) is 10.2 Å². The van der Waals surface area contributed by atoms with E-state index in [0.717, 1.165) is 30.5 Å².